The van der Waals surface area contributed by atoms with E-state index in [0.29, 0.717) is 36.0 Å². The van der Waals surface area contributed by atoms with Crippen molar-refractivity contribution in [1.82, 2.24) is 5.32 Å². The molecule has 0 aliphatic rings. The maximum atomic E-state index is 11.6. The van der Waals surface area contributed by atoms with Crippen molar-refractivity contribution < 1.29 is 28.6 Å². The minimum Gasteiger partial charge on any atom is -0.522 e. The molecule has 0 aromatic heterocycles. The van der Waals surface area contributed by atoms with E-state index in [2.05, 4.69) is 17.6 Å². The van der Waals surface area contributed by atoms with Crippen LogP contribution in [-0.4, -0.2) is 38.5 Å². The number of rotatable bonds is 11. The number of ether oxygens (including phenoxy) is 3. The van der Waals surface area contributed by atoms with E-state index in [0.717, 1.165) is 12.8 Å². The number of hydrogen-bond acceptors (Lipinski definition) is 6. The Labute approximate surface area is 182 Å². The van der Waals surface area contributed by atoms with Crippen LogP contribution >= 0.6 is 0 Å². The third-order valence-electron chi connectivity index (χ3n) is 3.80. The number of esters is 1. The zero-order valence-corrected chi connectivity index (χ0v) is 20.8. The minimum atomic E-state index is -0.370. The first-order valence-electron chi connectivity index (χ1n) is 10.00. The van der Waals surface area contributed by atoms with Gasteiger partial charge in [0.1, 0.15) is 11.5 Å². The van der Waals surface area contributed by atoms with Crippen molar-refractivity contribution >= 4 is 24.0 Å². The van der Waals surface area contributed by atoms with E-state index in [4.69, 9.17) is 14.2 Å². The Hall–Kier alpha value is -4.55. The second kappa shape index (κ2) is 16.3. The number of unbranched alkanes of at least 4 members (excludes halogenated alkanes) is 1. The second-order valence-corrected chi connectivity index (χ2v) is 6.21. The summed E-state index contributed by atoms with van der Waals surface area (Å²) in [4.78, 5) is 32.2. The van der Waals surface area contributed by atoms with Gasteiger partial charge in [0, 0.05) is 12.5 Å². The summed E-state index contributed by atoms with van der Waals surface area (Å²) in [5.74, 6) is 1.28. The van der Waals surface area contributed by atoms with Gasteiger partial charge >= 0.3 is 5.97 Å². The van der Waals surface area contributed by atoms with Crippen LogP contribution in [0, 0.1) is 0 Å². The van der Waals surface area contributed by atoms with Crippen LogP contribution in [0.2, 0.25) is 0 Å². The van der Waals surface area contributed by atoms with E-state index in [1.807, 2.05) is 6.07 Å². The van der Waals surface area contributed by atoms with Gasteiger partial charge in [0.2, 0.25) is 5.91 Å². The molecule has 2 aromatic carbocycles. The molecular formula is C23H29FmN2O6-. The van der Waals surface area contributed by atoms with Gasteiger partial charge in [0.05, 0.1) is 25.9 Å². The van der Waals surface area contributed by atoms with Crippen molar-refractivity contribution in [3.63, 3.8) is 0 Å². The molecule has 2 amide bonds. The Bertz CT molecular complexity index is 832. The van der Waals surface area contributed by atoms with E-state index in [1.165, 1.54) is 6.41 Å². The van der Waals surface area contributed by atoms with E-state index < -0.39 is 0 Å². The molecule has 0 spiro atoms. The normalized spacial score (nSPS) is 9.22. The Morgan fingerprint density at radius 1 is 1.03 bits per heavy atom. The molecule has 0 fully saturated rings. The Kier molecular flexibility index (Phi) is 14.0. The maximum absolute atomic E-state index is 11.6. The molecule has 0 saturated heterocycles. The van der Waals surface area contributed by atoms with Crippen molar-refractivity contribution in [1.29, 1.82) is 0 Å². The van der Waals surface area contributed by atoms with Crippen molar-refractivity contribution in [2.24, 2.45) is 0 Å². The van der Waals surface area contributed by atoms with Crippen molar-refractivity contribution in [3.8, 4) is 17.2 Å². The van der Waals surface area contributed by atoms with Gasteiger partial charge in [-0.3, -0.25) is 9.59 Å². The Morgan fingerprint density at radius 2 is 1.75 bits per heavy atom. The van der Waals surface area contributed by atoms with Crippen LogP contribution in [0.4, 0.5) is 5.69 Å². The minimum absolute atomic E-state index is 0. The van der Waals surface area contributed by atoms with E-state index >= 15 is 0 Å². The third-order valence-corrected chi connectivity index (χ3v) is 3.80. The average molecular weight is 686 g/mol. The molecule has 32 heavy (non-hydrogen) atoms. The summed E-state index contributed by atoms with van der Waals surface area (Å²) in [6.07, 6.45) is 3.99. The number of benzene rings is 2. The van der Waals surface area contributed by atoms with Crippen LogP contribution in [0.1, 0.15) is 33.1 Å². The molecular weight excluding hydrogens is 657 g/mol. The SMILES string of the molecule is CCCCOC(=O)CC.COc1cccc(Oc2ccccc2NC(=O)CN[C-]=O)c1.[Fm]. The average Bonchev–Trinajstić information content (AvgIpc) is 2.79. The first kappa shape index (κ1) is 27.5. The molecule has 9 heteroatoms. The number of nitrogens with one attached hydrogen (secondary N) is 2. The molecule has 180 valence electrons. The summed E-state index contributed by atoms with van der Waals surface area (Å²) in [7, 11) is 1.57. The predicted octanol–water partition coefficient (Wildman–Crippen LogP) is 3.82. The Morgan fingerprint density at radius 3 is 2.41 bits per heavy atom. The van der Waals surface area contributed by atoms with Crippen LogP contribution < -0.4 is 20.1 Å². The first-order valence-corrected chi connectivity index (χ1v) is 10.00. The summed E-state index contributed by atoms with van der Waals surface area (Å²) < 4.78 is 15.7. The summed E-state index contributed by atoms with van der Waals surface area (Å²) in [6.45, 7) is 4.30. The zero-order valence-electron chi connectivity index (χ0n) is 18.4. The molecule has 2 aromatic rings. The van der Waals surface area contributed by atoms with Crippen LogP contribution in [0.3, 0.4) is 0 Å². The molecule has 0 bridgehead atoms. The molecule has 0 aliphatic carbocycles. The Balaban J connectivity index is 0.000000821. The summed E-state index contributed by atoms with van der Waals surface area (Å²) >= 11 is 0. The molecule has 0 unspecified atom stereocenters. The van der Waals surface area contributed by atoms with E-state index in [9.17, 15) is 14.4 Å². The van der Waals surface area contributed by atoms with E-state index in [-0.39, 0.29) is 18.4 Å². The molecule has 0 heterocycles. The van der Waals surface area contributed by atoms with Crippen molar-refractivity contribution in [2.75, 3.05) is 25.6 Å². The standard InChI is InChI=1S/C16H15N2O4.C7H14O2.Fm/c1-21-12-5-4-6-13(9-12)22-15-8-3-2-7-14(15)18-16(20)10-17-11-19;1-3-5-6-9-7(8)4-2;/h2-9H,10H2,1H3,(H,17,19)(H,18,20);3-6H2,1-2H3;/q-1;;. The number of anilines is 1. The summed E-state index contributed by atoms with van der Waals surface area (Å²) in [5.41, 5.74) is 0.503. The van der Waals surface area contributed by atoms with Crippen molar-refractivity contribution in [2.45, 2.75) is 33.1 Å². The van der Waals surface area contributed by atoms with Gasteiger partial charge in [0.25, 0.3) is 0 Å². The molecule has 0 aliphatic heterocycles. The number of carbonyl (C=O) groups is 2. The summed E-state index contributed by atoms with van der Waals surface area (Å²) in [5, 5.41) is 4.84. The number of para-hydroxylation sites is 2. The fourth-order valence-electron chi connectivity index (χ4n) is 2.19. The third kappa shape index (κ3) is 10.8. The van der Waals surface area contributed by atoms with Crippen LogP contribution in [0.25, 0.3) is 0 Å². The molecule has 0 radical (unpaired) electrons. The van der Waals surface area contributed by atoms with Crippen LogP contribution in [0.15, 0.2) is 48.5 Å². The molecule has 8 nitrogen and oxygen atoms in total. The molecule has 2 rings (SSSR count). The van der Waals surface area contributed by atoms with Gasteiger partial charge in [0.15, 0.2) is 5.75 Å². The van der Waals surface area contributed by atoms with Gasteiger partial charge in [-0.1, -0.05) is 38.5 Å². The second-order valence-electron chi connectivity index (χ2n) is 6.21. The predicted molar refractivity (Wildman–Crippen MR) is 118 cm³/mol. The quantitative estimate of drug-likeness (QED) is 0.161. The van der Waals surface area contributed by atoms with Crippen molar-refractivity contribution in [3.05, 3.63) is 48.5 Å². The van der Waals surface area contributed by atoms with Crippen LogP contribution in [-0.2, 0) is 19.1 Å². The molecule has 0 atom stereocenters. The summed E-state index contributed by atoms with van der Waals surface area (Å²) in [6, 6.07) is 14.1. The maximum Gasteiger partial charge on any atom is 0.305 e. The van der Waals surface area contributed by atoms with E-state index in [1.54, 1.807) is 56.5 Å². The smallest absolute Gasteiger partial charge is 0.305 e. The monoisotopic (exact) mass is 686 g/mol. The van der Waals surface area contributed by atoms with Gasteiger partial charge in [-0.05, 0) is 30.7 Å². The number of amides is 2. The van der Waals surface area contributed by atoms with Gasteiger partial charge in [-0.25, -0.2) is 0 Å². The molecule has 2 N–H and O–H groups in total. The molecule has 0 saturated carbocycles. The number of hydrogen-bond donors (Lipinski definition) is 2. The largest absolute Gasteiger partial charge is 0.522 e. The number of carbonyl (C=O) groups excluding carboxylic acids is 3. The topological polar surface area (TPSA) is 103 Å². The fourth-order valence-corrected chi connectivity index (χ4v) is 2.19. The van der Waals surface area contributed by atoms with Gasteiger partial charge in [-0.2, -0.15) is 6.41 Å². The zero-order chi connectivity index (χ0) is 22.9. The van der Waals surface area contributed by atoms with Crippen LogP contribution in [0.5, 0.6) is 17.2 Å². The first-order chi connectivity index (χ1) is 15.0. The van der Waals surface area contributed by atoms with Gasteiger partial charge in [-0.15, -0.1) is 0 Å². The fraction of sp³-hybridized carbons (Fsp3) is 0.348. The van der Waals surface area contributed by atoms with Gasteiger partial charge < -0.3 is 29.6 Å². The number of methoxy groups -OCH3 is 1.